The summed E-state index contributed by atoms with van der Waals surface area (Å²) in [6.07, 6.45) is 3.36. The van der Waals surface area contributed by atoms with Gasteiger partial charge in [0.15, 0.2) is 9.84 Å². The molecule has 4 rings (SSSR count). The van der Waals surface area contributed by atoms with Crippen LogP contribution in [0.1, 0.15) is 11.4 Å². The van der Waals surface area contributed by atoms with Gasteiger partial charge in [0.1, 0.15) is 23.1 Å². The number of rotatable bonds is 3. The number of halogens is 2. The number of aryl methyl sites for hydroxylation is 1. The van der Waals surface area contributed by atoms with E-state index in [4.69, 9.17) is 0 Å². The second-order valence-corrected chi connectivity index (χ2v) is 9.00. The monoisotopic (exact) mass is 392 g/mol. The summed E-state index contributed by atoms with van der Waals surface area (Å²) in [5.41, 5.74) is 0.860. The number of sulfone groups is 1. The molecule has 3 aromatic rings. The molecular weight excluding hydrogens is 374 g/mol. The van der Waals surface area contributed by atoms with E-state index in [0.717, 1.165) is 5.39 Å². The summed E-state index contributed by atoms with van der Waals surface area (Å²) in [5, 5.41) is 0.778. The van der Waals surface area contributed by atoms with Crippen LogP contribution in [0.25, 0.3) is 16.7 Å². The van der Waals surface area contributed by atoms with E-state index in [2.05, 4.69) is 9.97 Å². The lowest BCUT2D eigenvalue weighted by atomic mass is 10.1. The maximum absolute atomic E-state index is 14.7. The lowest BCUT2D eigenvalue weighted by Crippen LogP contribution is -2.40. The van der Waals surface area contributed by atoms with E-state index in [-0.39, 0.29) is 36.7 Å². The molecule has 0 amide bonds. The average molecular weight is 392 g/mol. The summed E-state index contributed by atoms with van der Waals surface area (Å²) in [4.78, 5) is 10.2. The van der Waals surface area contributed by atoms with E-state index in [1.807, 2.05) is 0 Å². The summed E-state index contributed by atoms with van der Waals surface area (Å²) in [7, 11) is -3.03. The molecule has 1 aromatic carbocycles. The van der Waals surface area contributed by atoms with Crippen LogP contribution in [0, 0.1) is 18.6 Å². The van der Waals surface area contributed by atoms with Crippen molar-refractivity contribution < 1.29 is 17.2 Å². The van der Waals surface area contributed by atoms with E-state index < -0.39 is 21.5 Å². The first-order valence-corrected chi connectivity index (χ1v) is 10.4. The fraction of sp³-hybridized carbons (Fsp3) is 0.333. The van der Waals surface area contributed by atoms with Crippen LogP contribution in [0.5, 0.6) is 0 Å². The molecule has 1 aliphatic rings. The van der Waals surface area contributed by atoms with Gasteiger partial charge in [-0.05, 0) is 25.1 Å². The number of hydrogen-bond donors (Lipinski definition) is 0. The molecule has 142 valence electrons. The maximum atomic E-state index is 14.7. The first-order chi connectivity index (χ1) is 12.8. The van der Waals surface area contributed by atoms with Gasteiger partial charge in [0.2, 0.25) is 0 Å². The largest absolute Gasteiger partial charge is 0.301 e. The van der Waals surface area contributed by atoms with E-state index in [9.17, 15) is 17.2 Å². The van der Waals surface area contributed by atoms with Gasteiger partial charge in [-0.3, -0.25) is 4.90 Å². The summed E-state index contributed by atoms with van der Waals surface area (Å²) >= 11 is 0. The lowest BCUT2D eigenvalue weighted by molar-refractivity contribution is 0.278. The summed E-state index contributed by atoms with van der Waals surface area (Å²) in [6, 6.07) is 4.33. The first kappa shape index (κ1) is 18.0. The van der Waals surface area contributed by atoms with E-state index >= 15 is 0 Å². The molecule has 9 heteroatoms. The van der Waals surface area contributed by atoms with Crippen molar-refractivity contribution in [3.05, 3.63) is 53.6 Å². The minimum absolute atomic E-state index is 0.0166. The predicted molar refractivity (Wildman–Crippen MR) is 97.4 cm³/mol. The van der Waals surface area contributed by atoms with Crippen LogP contribution < -0.4 is 0 Å². The second-order valence-electron chi connectivity index (χ2n) is 6.70. The Kier molecular flexibility index (Phi) is 4.43. The molecule has 0 spiro atoms. The van der Waals surface area contributed by atoms with Gasteiger partial charge in [-0.25, -0.2) is 27.2 Å². The minimum atomic E-state index is -3.03. The van der Waals surface area contributed by atoms with E-state index in [1.54, 1.807) is 34.9 Å². The number of hydrogen-bond acceptors (Lipinski definition) is 5. The van der Waals surface area contributed by atoms with Gasteiger partial charge in [0, 0.05) is 43.0 Å². The first-order valence-electron chi connectivity index (χ1n) is 8.54. The molecule has 0 N–H and O–H groups in total. The molecule has 0 atom stereocenters. The third kappa shape index (κ3) is 3.57. The Labute approximate surface area is 155 Å². The zero-order chi connectivity index (χ0) is 19.2. The topological polar surface area (TPSA) is 68.1 Å². The van der Waals surface area contributed by atoms with Crippen molar-refractivity contribution in [1.82, 2.24) is 19.4 Å². The number of aromatic nitrogens is 3. The molecular formula is C18H18F2N4O2S. The third-order valence-corrected chi connectivity index (χ3v) is 6.38. The van der Waals surface area contributed by atoms with Crippen LogP contribution >= 0.6 is 0 Å². The molecule has 6 nitrogen and oxygen atoms in total. The Hall–Kier alpha value is -2.39. The quantitative estimate of drug-likeness (QED) is 0.684. The van der Waals surface area contributed by atoms with Crippen LogP contribution in [0.3, 0.4) is 0 Å². The number of fused-ring (bicyclic) bond motifs is 1. The Bertz CT molecular complexity index is 1090. The Morgan fingerprint density at radius 2 is 1.81 bits per heavy atom. The van der Waals surface area contributed by atoms with Crippen molar-refractivity contribution in [2.75, 3.05) is 24.6 Å². The average Bonchev–Trinajstić information content (AvgIpc) is 3.02. The van der Waals surface area contributed by atoms with Crippen molar-refractivity contribution in [3.8, 4) is 5.69 Å². The van der Waals surface area contributed by atoms with Crippen molar-refractivity contribution in [2.45, 2.75) is 13.5 Å². The van der Waals surface area contributed by atoms with Gasteiger partial charge in [0.25, 0.3) is 0 Å². The van der Waals surface area contributed by atoms with Crippen LogP contribution in [0.15, 0.2) is 30.6 Å². The number of benzene rings is 1. The van der Waals surface area contributed by atoms with E-state index in [1.165, 1.54) is 12.1 Å². The van der Waals surface area contributed by atoms with Gasteiger partial charge in [-0.2, -0.15) is 0 Å². The Balaban J connectivity index is 1.65. The number of nitrogens with zero attached hydrogens (tertiary/aromatic N) is 4. The van der Waals surface area contributed by atoms with Gasteiger partial charge in [-0.1, -0.05) is 0 Å². The van der Waals surface area contributed by atoms with Crippen molar-refractivity contribution in [3.63, 3.8) is 0 Å². The highest BCUT2D eigenvalue weighted by molar-refractivity contribution is 7.91. The molecule has 0 bridgehead atoms. The fourth-order valence-corrected chi connectivity index (χ4v) is 4.50. The summed E-state index contributed by atoms with van der Waals surface area (Å²) in [5.74, 6) is -0.719. The molecule has 0 aliphatic carbocycles. The Morgan fingerprint density at radius 1 is 1.15 bits per heavy atom. The zero-order valence-corrected chi connectivity index (χ0v) is 15.5. The SMILES string of the molecule is Cc1ncc2ccn(-c3cc(F)c(CN4CCS(=O)(=O)CC4)c(F)c3)c2n1. The highest BCUT2D eigenvalue weighted by Crippen LogP contribution is 2.24. The van der Waals surface area contributed by atoms with Crippen molar-refractivity contribution >= 4 is 20.9 Å². The van der Waals surface area contributed by atoms with Gasteiger partial charge in [0.05, 0.1) is 17.2 Å². The standard InChI is InChI=1S/C18H18F2N4O2S/c1-12-21-10-13-2-3-24(18(13)22-12)14-8-16(19)15(17(20)9-14)11-23-4-6-27(25,26)7-5-23/h2-3,8-10H,4-7,11H2,1H3. The molecule has 0 saturated carbocycles. The minimum Gasteiger partial charge on any atom is -0.301 e. The molecule has 1 aliphatic heterocycles. The molecule has 1 fully saturated rings. The molecule has 2 aromatic heterocycles. The molecule has 0 unspecified atom stereocenters. The van der Waals surface area contributed by atoms with Crippen LogP contribution in [0.4, 0.5) is 8.78 Å². The Morgan fingerprint density at radius 3 is 2.48 bits per heavy atom. The highest BCUT2D eigenvalue weighted by atomic mass is 32.2. The van der Waals surface area contributed by atoms with Gasteiger partial charge < -0.3 is 4.57 Å². The summed E-state index contributed by atoms with van der Waals surface area (Å²) < 4.78 is 53.9. The molecule has 3 heterocycles. The smallest absolute Gasteiger partial charge is 0.152 e. The lowest BCUT2D eigenvalue weighted by Gasteiger charge is -2.26. The van der Waals surface area contributed by atoms with Crippen LogP contribution in [0.2, 0.25) is 0 Å². The van der Waals surface area contributed by atoms with E-state index in [0.29, 0.717) is 17.2 Å². The fourth-order valence-electron chi connectivity index (χ4n) is 3.22. The van der Waals surface area contributed by atoms with Crippen LogP contribution in [-0.2, 0) is 16.4 Å². The van der Waals surface area contributed by atoms with Crippen molar-refractivity contribution in [1.29, 1.82) is 0 Å². The molecule has 0 radical (unpaired) electrons. The predicted octanol–water partition coefficient (Wildman–Crippen LogP) is 2.24. The highest BCUT2D eigenvalue weighted by Gasteiger charge is 2.24. The normalized spacial score (nSPS) is 17.4. The molecule has 1 saturated heterocycles. The molecule has 27 heavy (non-hydrogen) atoms. The van der Waals surface area contributed by atoms with Gasteiger partial charge in [-0.15, -0.1) is 0 Å². The maximum Gasteiger partial charge on any atom is 0.152 e. The zero-order valence-electron chi connectivity index (χ0n) is 14.7. The van der Waals surface area contributed by atoms with Crippen LogP contribution in [-0.4, -0.2) is 52.4 Å². The third-order valence-electron chi connectivity index (χ3n) is 4.77. The summed E-state index contributed by atoms with van der Waals surface area (Å²) in [6.45, 7) is 2.35. The second kappa shape index (κ2) is 6.65. The van der Waals surface area contributed by atoms with Gasteiger partial charge >= 0.3 is 0 Å². The van der Waals surface area contributed by atoms with Crippen molar-refractivity contribution in [2.24, 2.45) is 0 Å².